The van der Waals surface area contributed by atoms with Crippen LogP contribution < -0.4 is 0 Å². The summed E-state index contributed by atoms with van der Waals surface area (Å²) in [4.78, 5) is 21.9. The fourth-order valence-corrected chi connectivity index (χ4v) is 4.85. The number of para-hydroxylation sites is 1. The van der Waals surface area contributed by atoms with Crippen LogP contribution in [0.2, 0.25) is 0 Å². The molecule has 1 saturated heterocycles. The van der Waals surface area contributed by atoms with Crippen LogP contribution in [0.3, 0.4) is 0 Å². The molecular weight excluding hydrogens is 458 g/mol. The molecule has 6 heteroatoms. The van der Waals surface area contributed by atoms with Crippen LogP contribution >= 0.6 is 0 Å². The largest absolute Gasteiger partial charge is 0.339 e. The number of nitrogens with zero attached hydrogens (tertiary/aromatic N) is 5. The first-order valence-electron chi connectivity index (χ1n) is 12.9. The van der Waals surface area contributed by atoms with E-state index in [1.165, 1.54) is 0 Å². The minimum atomic E-state index is 0.0263. The van der Waals surface area contributed by atoms with Crippen LogP contribution in [0.15, 0.2) is 97.3 Å². The van der Waals surface area contributed by atoms with E-state index >= 15 is 0 Å². The third kappa shape index (κ3) is 6.22. The number of aromatic nitrogens is 3. The molecule has 0 aliphatic carbocycles. The van der Waals surface area contributed by atoms with Gasteiger partial charge in [-0.05, 0) is 43.2 Å². The molecule has 6 nitrogen and oxygen atoms in total. The molecule has 3 heterocycles. The average molecular weight is 492 g/mol. The van der Waals surface area contributed by atoms with Gasteiger partial charge in [0.15, 0.2) is 0 Å². The van der Waals surface area contributed by atoms with Crippen molar-refractivity contribution in [2.75, 3.05) is 26.7 Å². The Kier molecular flexibility index (Phi) is 7.87. The molecule has 37 heavy (non-hydrogen) atoms. The zero-order valence-electron chi connectivity index (χ0n) is 21.3. The number of benzene rings is 2. The van der Waals surface area contributed by atoms with E-state index in [1.807, 2.05) is 108 Å². The lowest BCUT2D eigenvalue weighted by atomic mass is 10.0. The van der Waals surface area contributed by atoms with Crippen LogP contribution in [0.1, 0.15) is 24.1 Å². The number of hydrogen-bond acceptors (Lipinski definition) is 4. The number of amides is 1. The second-order valence-corrected chi connectivity index (χ2v) is 9.51. The molecule has 188 valence electrons. The van der Waals surface area contributed by atoms with E-state index in [-0.39, 0.29) is 11.9 Å². The summed E-state index contributed by atoms with van der Waals surface area (Å²) in [7, 11) is 1.92. The molecule has 0 atom stereocenters. The number of likely N-dealkylation sites (tertiary alicyclic amines) is 1. The highest BCUT2D eigenvalue weighted by Gasteiger charge is 2.24. The standard InChI is InChI=1S/C31H33N5O/c1-34(28-18-22-35(23-19-28)21-17-27-12-8-9-20-32-27)30(37)16-15-26-24-36(29-13-6-3-7-14-29)33-31(26)25-10-4-2-5-11-25/h2-16,20,24,28H,17-19,21-23H2,1H3. The number of pyridine rings is 1. The van der Waals surface area contributed by atoms with E-state index in [4.69, 9.17) is 5.10 Å². The Morgan fingerprint density at radius 3 is 2.38 bits per heavy atom. The van der Waals surface area contributed by atoms with Crippen molar-refractivity contribution in [2.45, 2.75) is 25.3 Å². The number of carbonyl (C=O) groups is 1. The Morgan fingerprint density at radius 2 is 1.68 bits per heavy atom. The first-order valence-corrected chi connectivity index (χ1v) is 12.9. The van der Waals surface area contributed by atoms with Crippen molar-refractivity contribution in [2.24, 2.45) is 0 Å². The minimum Gasteiger partial charge on any atom is -0.339 e. The molecule has 4 aromatic rings. The second kappa shape index (κ2) is 11.8. The average Bonchev–Trinajstić information content (AvgIpc) is 3.40. The summed E-state index contributed by atoms with van der Waals surface area (Å²) in [6.07, 6.45) is 10.4. The van der Waals surface area contributed by atoms with Gasteiger partial charge in [-0.15, -0.1) is 0 Å². The summed E-state index contributed by atoms with van der Waals surface area (Å²) in [6.45, 7) is 3.01. The van der Waals surface area contributed by atoms with Crippen LogP contribution in [0.4, 0.5) is 0 Å². The van der Waals surface area contributed by atoms with Gasteiger partial charge in [-0.3, -0.25) is 9.78 Å². The number of carbonyl (C=O) groups excluding carboxylic acids is 1. The molecular formula is C31H33N5O. The van der Waals surface area contributed by atoms with Crippen molar-refractivity contribution in [1.29, 1.82) is 0 Å². The van der Waals surface area contributed by atoms with Crippen molar-refractivity contribution in [3.63, 3.8) is 0 Å². The monoisotopic (exact) mass is 491 g/mol. The number of piperidine rings is 1. The Hall–Kier alpha value is -4.03. The Morgan fingerprint density at radius 1 is 0.973 bits per heavy atom. The van der Waals surface area contributed by atoms with Crippen LogP contribution in [-0.2, 0) is 11.2 Å². The number of likely N-dealkylation sites (N-methyl/N-ethyl adjacent to an activating group) is 1. The molecule has 2 aromatic carbocycles. The fraction of sp³-hybridized carbons (Fsp3) is 0.258. The summed E-state index contributed by atoms with van der Waals surface area (Å²) in [5.41, 5.74) is 4.92. The van der Waals surface area contributed by atoms with E-state index in [1.54, 1.807) is 6.08 Å². The van der Waals surface area contributed by atoms with Crippen molar-refractivity contribution >= 4 is 12.0 Å². The minimum absolute atomic E-state index is 0.0263. The maximum atomic E-state index is 13.1. The summed E-state index contributed by atoms with van der Waals surface area (Å²) in [5.74, 6) is 0.0263. The van der Waals surface area contributed by atoms with E-state index in [9.17, 15) is 4.79 Å². The lowest BCUT2D eigenvalue weighted by molar-refractivity contribution is -0.127. The van der Waals surface area contributed by atoms with Gasteiger partial charge in [0, 0.05) is 74.4 Å². The van der Waals surface area contributed by atoms with Gasteiger partial charge in [0.1, 0.15) is 0 Å². The van der Waals surface area contributed by atoms with Gasteiger partial charge in [-0.25, -0.2) is 4.68 Å². The molecule has 1 amide bonds. The molecule has 5 rings (SSSR count). The van der Waals surface area contributed by atoms with E-state index in [0.29, 0.717) is 0 Å². The van der Waals surface area contributed by atoms with Gasteiger partial charge < -0.3 is 9.80 Å². The zero-order valence-corrected chi connectivity index (χ0v) is 21.3. The predicted octanol–water partition coefficient (Wildman–Crippen LogP) is 5.11. The molecule has 0 unspecified atom stereocenters. The summed E-state index contributed by atoms with van der Waals surface area (Å²) >= 11 is 0. The SMILES string of the molecule is CN(C(=O)C=Cc1cn(-c2ccccc2)nc1-c1ccccc1)C1CCN(CCc2ccccn2)CC1. The van der Waals surface area contributed by atoms with Crippen molar-refractivity contribution in [3.8, 4) is 16.9 Å². The first-order chi connectivity index (χ1) is 18.2. The molecule has 1 fully saturated rings. The van der Waals surface area contributed by atoms with Crippen molar-refractivity contribution in [3.05, 3.63) is 109 Å². The van der Waals surface area contributed by atoms with E-state index in [0.717, 1.165) is 67.1 Å². The molecule has 0 bridgehead atoms. The predicted molar refractivity (Wildman–Crippen MR) is 148 cm³/mol. The summed E-state index contributed by atoms with van der Waals surface area (Å²) in [5, 5.41) is 4.84. The third-order valence-corrected chi connectivity index (χ3v) is 7.08. The maximum Gasteiger partial charge on any atom is 0.246 e. The van der Waals surface area contributed by atoms with Gasteiger partial charge in [0.25, 0.3) is 0 Å². The summed E-state index contributed by atoms with van der Waals surface area (Å²) in [6, 6.07) is 26.5. The van der Waals surface area contributed by atoms with Gasteiger partial charge in [0.05, 0.1) is 11.4 Å². The van der Waals surface area contributed by atoms with Crippen LogP contribution in [0.5, 0.6) is 0 Å². The normalized spacial score (nSPS) is 14.7. The molecule has 0 saturated carbocycles. The number of rotatable bonds is 8. The van der Waals surface area contributed by atoms with E-state index < -0.39 is 0 Å². The Labute approximate surface area is 218 Å². The molecule has 0 spiro atoms. The molecule has 1 aliphatic heterocycles. The van der Waals surface area contributed by atoms with Crippen LogP contribution in [0.25, 0.3) is 23.0 Å². The second-order valence-electron chi connectivity index (χ2n) is 9.51. The zero-order chi connectivity index (χ0) is 25.5. The third-order valence-electron chi connectivity index (χ3n) is 7.08. The Bertz CT molecular complexity index is 1310. The molecule has 2 aromatic heterocycles. The van der Waals surface area contributed by atoms with Gasteiger partial charge >= 0.3 is 0 Å². The maximum absolute atomic E-state index is 13.1. The highest BCUT2D eigenvalue weighted by molar-refractivity contribution is 5.93. The molecule has 0 N–H and O–H groups in total. The van der Waals surface area contributed by atoms with Crippen molar-refractivity contribution < 1.29 is 4.79 Å². The highest BCUT2D eigenvalue weighted by atomic mass is 16.2. The highest BCUT2D eigenvalue weighted by Crippen LogP contribution is 2.25. The lowest BCUT2D eigenvalue weighted by Gasteiger charge is -2.36. The summed E-state index contributed by atoms with van der Waals surface area (Å²) < 4.78 is 1.87. The van der Waals surface area contributed by atoms with Crippen LogP contribution in [-0.4, -0.2) is 63.2 Å². The lowest BCUT2D eigenvalue weighted by Crippen LogP contribution is -2.45. The topological polar surface area (TPSA) is 54.3 Å². The van der Waals surface area contributed by atoms with E-state index in [2.05, 4.69) is 16.0 Å². The smallest absolute Gasteiger partial charge is 0.246 e. The van der Waals surface area contributed by atoms with Gasteiger partial charge in [-0.1, -0.05) is 54.6 Å². The quantitative estimate of drug-likeness (QED) is 0.321. The van der Waals surface area contributed by atoms with Crippen molar-refractivity contribution in [1.82, 2.24) is 24.6 Å². The molecule has 1 aliphatic rings. The number of hydrogen-bond donors (Lipinski definition) is 0. The van der Waals surface area contributed by atoms with Gasteiger partial charge in [0.2, 0.25) is 5.91 Å². The molecule has 0 radical (unpaired) electrons. The fourth-order valence-electron chi connectivity index (χ4n) is 4.85. The van der Waals surface area contributed by atoms with Crippen LogP contribution in [0, 0.1) is 0 Å². The first kappa shape index (κ1) is 24.7. The Balaban J connectivity index is 1.23. The van der Waals surface area contributed by atoms with Gasteiger partial charge in [-0.2, -0.15) is 5.10 Å².